The third kappa shape index (κ3) is 3.20. The van der Waals surface area contributed by atoms with E-state index in [1.54, 1.807) is 14.2 Å². The molecule has 3 rings (SSSR count). The van der Waals surface area contributed by atoms with Crippen molar-refractivity contribution in [3.63, 3.8) is 0 Å². The number of fused-ring (bicyclic) bond motifs is 1. The van der Waals surface area contributed by atoms with Crippen molar-refractivity contribution in [2.45, 2.75) is 19.3 Å². The molecule has 5 nitrogen and oxygen atoms in total. The zero-order chi connectivity index (χ0) is 17.2. The van der Waals surface area contributed by atoms with Gasteiger partial charge in [0.2, 0.25) is 6.79 Å². The minimum atomic E-state index is -0.0874. The Balaban J connectivity index is 1.74. The van der Waals surface area contributed by atoms with Crippen molar-refractivity contribution in [3.05, 3.63) is 42.0 Å². The second-order valence-corrected chi connectivity index (χ2v) is 6.38. The van der Waals surface area contributed by atoms with Crippen LogP contribution in [0.1, 0.15) is 19.4 Å². The number of methoxy groups -OCH3 is 2. The van der Waals surface area contributed by atoms with E-state index in [9.17, 15) is 0 Å². The van der Waals surface area contributed by atoms with Gasteiger partial charge in [0.15, 0.2) is 23.0 Å². The van der Waals surface area contributed by atoms with Gasteiger partial charge >= 0.3 is 0 Å². The van der Waals surface area contributed by atoms with Crippen molar-refractivity contribution in [1.82, 2.24) is 0 Å². The van der Waals surface area contributed by atoms with Crippen LogP contribution < -0.4 is 24.3 Å². The average molecular weight is 329 g/mol. The first-order valence-corrected chi connectivity index (χ1v) is 7.89. The second kappa shape index (κ2) is 6.51. The summed E-state index contributed by atoms with van der Waals surface area (Å²) in [6, 6.07) is 11.9. The molecule has 0 saturated carbocycles. The number of anilines is 1. The number of hydrogen-bond acceptors (Lipinski definition) is 5. The van der Waals surface area contributed by atoms with Crippen molar-refractivity contribution in [1.29, 1.82) is 0 Å². The van der Waals surface area contributed by atoms with Gasteiger partial charge in [-0.1, -0.05) is 19.9 Å². The van der Waals surface area contributed by atoms with Crippen molar-refractivity contribution < 1.29 is 18.9 Å². The Labute approximate surface area is 142 Å². The Kier molecular flexibility index (Phi) is 4.42. The molecule has 2 aromatic rings. The zero-order valence-electron chi connectivity index (χ0n) is 14.5. The average Bonchev–Trinajstić information content (AvgIpc) is 3.07. The van der Waals surface area contributed by atoms with E-state index in [2.05, 4.69) is 25.2 Å². The van der Waals surface area contributed by atoms with Crippen molar-refractivity contribution in [3.8, 4) is 23.0 Å². The molecule has 0 aromatic heterocycles. The van der Waals surface area contributed by atoms with Gasteiger partial charge in [-0.25, -0.2) is 0 Å². The summed E-state index contributed by atoms with van der Waals surface area (Å²) in [5, 5.41) is 3.47. The third-order valence-corrected chi connectivity index (χ3v) is 4.27. The summed E-state index contributed by atoms with van der Waals surface area (Å²) in [5.41, 5.74) is 2.09. The summed E-state index contributed by atoms with van der Waals surface area (Å²) in [5.74, 6) is 3.05. The molecule has 128 valence electrons. The van der Waals surface area contributed by atoms with E-state index >= 15 is 0 Å². The number of ether oxygens (including phenoxy) is 4. The van der Waals surface area contributed by atoms with Gasteiger partial charge in [-0.3, -0.25) is 0 Å². The standard InChI is InChI=1S/C19H23NO4/c1-19(2,13-5-7-15(21-3)17(9-13)22-4)11-20-14-6-8-16-18(10-14)24-12-23-16/h5-10,20H,11-12H2,1-4H3. The Morgan fingerprint density at radius 1 is 0.958 bits per heavy atom. The zero-order valence-corrected chi connectivity index (χ0v) is 14.5. The maximum Gasteiger partial charge on any atom is 0.231 e. The quantitative estimate of drug-likeness (QED) is 0.873. The number of hydrogen-bond donors (Lipinski definition) is 1. The lowest BCUT2D eigenvalue weighted by atomic mass is 9.84. The van der Waals surface area contributed by atoms with Gasteiger partial charge in [0.25, 0.3) is 0 Å². The van der Waals surface area contributed by atoms with Crippen LogP contribution in [0.2, 0.25) is 0 Å². The lowest BCUT2D eigenvalue weighted by molar-refractivity contribution is 0.174. The van der Waals surface area contributed by atoms with Gasteiger partial charge in [-0.15, -0.1) is 0 Å². The van der Waals surface area contributed by atoms with Gasteiger partial charge in [0.05, 0.1) is 14.2 Å². The van der Waals surface area contributed by atoms with E-state index in [-0.39, 0.29) is 12.2 Å². The van der Waals surface area contributed by atoms with Crippen LogP contribution in [-0.4, -0.2) is 27.6 Å². The predicted octanol–water partition coefficient (Wildman–Crippen LogP) is 3.82. The van der Waals surface area contributed by atoms with E-state index in [4.69, 9.17) is 18.9 Å². The van der Waals surface area contributed by atoms with Crippen LogP contribution in [-0.2, 0) is 5.41 Å². The van der Waals surface area contributed by atoms with E-state index in [1.165, 1.54) is 5.56 Å². The number of benzene rings is 2. The Morgan fingerprint density at radius 3 is 2.46 bits per heavy atom. The summed E-state index contributed by atoms with van der Waals surface area (Å²) in [6.45, 7) is 5.43. The smallest absolute Gasteiger partial charge is 0.231 e. The van der Waals surface area contributed by atoms with Gasteiger partial charge in [0, 0.05) is 23.7 Å². The molecule has 0 unspecified atom stereocenters. The lowest BCUT2D eigenvalue weighted by Gasteiger charge is -2.27. The first-order chi connectivity index (χ1) is 11.5. The molecule has 0 spiro atoms. The van der Waals surface area contributed by atoms with E-state index in [1.807, 2.05) is 30.3 Å². The van der Waals surface area contributed by atoms with Crippen LogP contribution in [0, 0.1) is 0 Å². The monoisotopic (exact) mass is 329 g/mol. The number of nitrogens with one attached hydrogen (secondary N) is 1. The third-order valence-electron chi connectivity index (χ3n) is 4.27. The molecule has 1 aliphatic heterocycles. The predicted molar refractivity (Wildman–Crippen MR) is 93.6 cm³/mol. The van der Waals surface area contributed by atoms with Crippen molar-refractivity contribution >= 4 is 5.69 Å². The van der Waals surface area contributed by atoms with Crippen LogP contribution in [0.4, 0.5) is 5.69 Å². The van der Waals surface area contributed by atoms with Gasteiger partial charge in [0.1, 0.15) is 0 Å². The summed E-state index contributed by atoms with van der Waals surface area (Å²) < 4.78 is 21.5. The number of rotatable bonds is 6. The lowest BCUT2D eigenvalue weighted by Crippen LogP contribution is -2.27. The van der Waals surface area contributed by atoms with Crippen molar-refractivity contribution in [2.75, 3.05) is 32.9 Å². The topological polar surface area (TPSA) is 49.0 Å². The van der Waals surface area contributed by atoms with E-state index in [0.717, 1.165) is 35.2 Å². The molecule has 24 heavy (non-hydrogen) atoms. The van der Waals surface area contributed by atoms with Gasteiger partial charge in [-0.2, -0.15) is 0 Å². The van der Waals surface area contributed by atoms with Crippen LogP contribution in [0.5, 0.6) is 23.0 Å². The summed E-state index contributed by atoms with van der Waals surface area (Å²) >= 11 is 0. The highest BCUT2D eigenvalue weighted by molar-refractivity contribution is 5.56. The SMILES string of the molecule is COc1ccc(C(C)(C)CNc2ccc3c(c2)OCO3)cc1OC. The summed E-state index contributed by atoms with van der Waals surface area (Å²) in [7, 11) is 3.29. The van der Waals surface area contributed by atoms with Gasteiger partial charge < -0.3 is 24.3 Å². The fraction of sp³-hybridized carbons (Fsp3) is 0.368. The minimum Gasteiger partial charge on any atom is -0.493 e. The molecule has 0 amide bonds. The van der Waals surface area contributed by atoms with Crippen LogP contribution in [0.15, 0.2) is 36.4 Å². The Hall–Kier alpha value is -2.56. The molecule has 0 bridgehead atoms. The molecular formula is C19H23NO4. The Morgan fingerprint density at radius 2 is 1.71 bits per heavy atom. The molecule has 1 N–H and O–H groups in total. The first-order valence-electron chi connectivity index (χ1n) is 7.89. The molecule has 0 saturated heterocycles. The Bertz CT molecular complexity index is 727. The molecule has 0 fully saturated rings. The highest BCUT2D eigenvalue weighted by Crippen LogP contribution is 2.36. The first kappa shape index (κ1) is 16.3. The fourth-order valence-electron chi connectivity index (χ4n) is 2.69. The normalized spacial score (nSPS) is 12.8. The highest BCUT2D eigenvalue weighted by Gasteiger charge is 2.23. The minimum absolute atomic E-state index is 0.0874. The van der Waals surface area contributed by atoms with Crippen molar-refractivity contribution in [2.24, 2.45) is 0 Å². The highest BCUT2D eigenvalue weighted by atomic mass is 16.7. The summed E-state index contributed by atoms with van der Waals surface area (Å²) in [4.78, 5) is 0. The van der Waals surface area contributed by atoms with Gasteiger partial charge in [-0.05, 0) is 29.8 Å². The molecule has 1 heterocycles. The van der Waals surface area contributed by atoms with Crippen LogP contribution >= 0.6 is 0 Å². The fourth-order valence-corrected chi connectivity index (χ4v) is 2.69. The molecule has 0 atom stereocenters. The largest absolute Gasteiger partial charge is 0.493 e. The van der Waals surface area contributed by atoms with Crippen LogP contribution in [0.25, 0.3) is 0 Å². The summed E-state index contributed by atoms with van der Waals surface area (Å²) in [6.07, 6.45) is 0. The van der Waals surface area contributed by atoms with E-state index < -0.39 is 0 Å². The van der Waals surface area contributed by atoms with E-state index in [0.29, 0.717) is 0 Å². The molecule has 1 aliphatic rings. The molecule has 5 heteroatoms. The molecule has 0 radical (unpaired) electrons. The maximum atomic E-state index is 5.42. The van der Waals surface area contributed by atoms with Crippen LogP contribution in [0.3, 0.4) is 0 Å². The molecule has 2 aromatic carbocycles. The molecule has 0 aliphatic carbocycles. The molecular weight excluding hydrogens is 306 g/mol. The second-order valence-electron chi connectivity index (χ2n) is 6.38. The maximum absolute atomic E-state index is 5.42.